The molecule has 3 N–H and O–H groups in total. The first kappa shape index (κ1) is 23.9. The van der Waals surface area contributed by atoms with E-state index in [1.165, 1.54) is 0 Å². The average Bonchev–Trinajstić information content (AvgIpc) is 2.72. The van der Waals surface area contributed by atoms with Crippen molar-refractivity contribution in [2.45, 2.75) is 39.4 Å². The molecular weight excluding hydrogens is 390 g/mol. The highest BCUT2D eigenvalue weighted by molar-refractivity contribution is 5.95. The van der Waals surface area contributed by atoms with Crippen LogP contribution >= 0.6 is 0 Å². The van der Waals surface area contributed by atoms with Crippen LogP contribution in [0.4, 0.5) is 0 Å². The van der Waals surface area contributed by atoms with Crippen LogP contribution in [0.15, 0.2) is 53.5 Å². The molecule has 0 aliphatic carbocycles. The molecular formula is C24H33N5O2. The predicted molar refractivity (Wildman–Crippen MR) is 125 cm³/mol. The number of hydrogen-bond acceptors (Lipinski definition) is 3. The zero-order valence-corrected chi connectivity index (χ0v) is 19.2. The van der Waals surface area contributed by atoms with Crippen LogP contribution in [0.2, 0.25) is 0 Å². The van der Waals surface area contributed by atoms with Gasteiger partial charge in [0.25, 0.3) is 11.8 Å². The van der Waals surface area contributed by atoms with Crippen LogP contribution in [0.25, 0.3) is 0 Å². The third kappa shape index (κ3) is 7.77. The van der Waals surface area contributed by atoms with E-state index in [0.29, 0.717) is 30.2 Å². The Morgan fingerprint density at radius 2 is 1.52 bits per heavy atom. The van der Waals surface area contributed by atoms with Crippen molar-refractivity contribution in [2.75, 3.05) is 21.1 Å². The van der Waals surface area contributed by atoms with Gasteiger partial charge in [-0.05, 0) is 56.2 Å². The van der Waals surface area contributed by atoms with E-state index in [1.54, 1.807) is 26.0 Å². The maximum absolute atomic E-state index is 12.4. The molecule has 0 saturated heterocycles. The van der Waals surface area contributed by atoms with Gasteiger partial charge in [0.2, 0.25) is 0 Å². The van der Waals surface area contributed by atoms with Crippen LogP contribution in [-0.2, 0) is 13.1 Å². The molecule has 2 aromatic rings. The highest BCUT2D eigenvalue weighted by Gasteiger charge is 2.15. The molecule has 0 heterocycles. The van der Waals surface area contributed by atoms with Crippen LogP contribution in [-0.4, -0.2) is 49.4 Å². The number of nitrogens with zero attached hydrogens (tertiary/aromatic N) is 2. The molecule has 7 nitrogen and oxygen atoms in total. The van der Waals surface area contributed by atoms with Gasteiger partial charge in [-0.2, -0.15) is 0 Å². The van der Waals surface area contributed by atoms with E-state index < -0.39 is 0 Å². The van der Waals surface area contributed by atoms with Crippen molar-refractivity contribution < 1.29 is 9.59 Å². The highest BCUT2D eigenvalue weighted by atomic mass is 16.2. The minimum atomic E-state index is -0.282. The summed E-state index contributed by atoms with van der Waals surface area (Å²) in [4.78, 5) is 30.2. The molecule has 0 aliphatic rings. The molecule has 31 heavy (non-hydrogen) atoms. The molecule has 0 bridgehead atoms. The van der Waals surface area contributed by atoms with E-state index in [1.807, 2.05) is 69.3 Å². The number of amides is 2. The Kier molecular flexibility index (Phi) is 8.19. The zero-order chi connectivity index (χ0) is 23.0. The van der Waals surface area contributed by atoms with Crippen molar-refractivity contribution in [2.24, 2.45) is 4.99 Å². The summed E-state index contributed by atoms with van der Waals surface area (Å²) in [5.74, 6) is 0.543. The number of hydrogen-bond donors (Lipinski definition) is 3. The third-order valence-corrected chi connectivity index (χ3v) is 4.43. The molecule has 7 heteroatoms. The lowest BCUT2D eigenvalue weighted by atomic mass is 10.1. The van der Waals surface area contributed by atoms with Gasteiger partial charge < -0.3 is 20.9 Å². The van der Waals surface area contributed by atoms with E-state index in [-0.39, 0.29) is 17.4 Å². The molecule has 0 saturated carbocycles. The topological polar surface area (TPSA) is 85.8 Å². The summed E-state index contributed by atoms with van der Waals surface area (Å²) in [5, 5.41) is 9.50. The Hall–Kier alpha value is -3.35. The lowest BCUT2D eigenvalue weighted by Crippen LogP contribution is -2.40. The normalized spacial score (nSPS) is 11.6. The average molecular weight is 424 g/mol. The smallest absolute Gasteiger partial charge is 0.253 e. The molecule has 0 radical (unpaired) electrons. The second kappa shape index (κ2) is 10.6. The Balaban J connectivity index is 1.91. The molecule has 0 atom stereocenters. The van der Waals surface area contributed by atoms with Crippen molar-refractivity contribution in [1.82, 2.24) is 20.9 Å². The lowest BCUT2D eigenvalue weighted by Gasteiger charge is -2.20. The molecule has 0 unspecified atom stereocenters. The highest BCUT2D eigenvalue weighted by Crippen LogP contribution is 2.09. The standard InChI is InChI=1S/C24H33N5O2/c1-24(2,3)28-21(30)20-9-7-8-18(14-20)16-27-23(25-4)26-15-17-10-12-19(13-11-17)22(31)29(5)6/h7-14H,15-16H2,1-6H3,(H,28,30)(H2,25,26,27). The summed E-state index contributed by atoms with van der Waals surface area (Å²) in [6, 6.07) is 15.0. The summed E-state index contributed by atoms with van der Waals surface area (Å²) in [6.45, 7) is 6.98. The van der Waals surface area contributed by atoms with Crippen LogP contribution in [0, 0.1) is 0 Å². The van der Waals surface area contributed by atoms with Gasteiger partial charge in [0.1, 0.15) is 0 Å². The van der Waals surface area contributed by atoms with Gasteiger partial charge in [0, 0.05) is 50.9 Å². The molecule has 0 aromatic heterocycles. The van der Waals surface area contributed by atoms with Crippen molar-refractivity contribution >= 4 is 17.8 Å². The van der Waals surface area contributed by atoms with Crippen molar-refractivity contribution in [3.05, 3.63) is 70.8 Å². The van der Waals surface area contributed by atoms with Gasteiger partial charge in [0.05, 0.1) is 0 Å². The fourth-order valence-corrected chi connectivity index (χ4v) is 2.85. The second-order valence-electron chi connectivity index (χ2n) is 8.58. The van der Waals surface area contributed by atoms with Crippen LogP contribution in [0.1, 0.15) is 52.6 Å². The maximum Gasteiger partial charge on any atom is 0.253 e. The van der Waals surface area contributed by atoms with Crippen molar-refractivity contribution in [3.63, 3.8) is 0 Å². The van der Waals surface area contributed by atoms with Gasteiger partial charge >= 0.3 is 0 Å². The number of rotatable bonds is 6. The molecule has 0 aliphatic heterocycles. The molecule has 2 rings (SSSR count). The maximum atomic E-state index is 12.4. The van der Waals surface area contributed by atoms with Gasteiger partial charge in [0.15, 0.2) is 5.96 Å². The summed E-state index contributed by atoms with van der Waals surface area (Å²) >= 11 is 0. The van der Waals surface area contributed by atoms with E-state index in [9.17, 15) is 9.59 Å². The van der Waals surface area contributed by atoms with Gasteiger partial charge in [-0.25, -0.2) is 0 Å². The Morgan fingerprint density at radius 3 is 2.06 bits per heavy atom. The van der Waals surface area contributed by atoms with Gasteiger partial charge in [-0.3, -0.25) is 14.6 Å². The minimum Gasteiger partial charge on any atom is -0.352 e. The van der Waals surface area contributed by atoms with E-state index in [4.69, 9.17) is 0 Å². The van der Waals surface area contributed by atoms with E-state index in [2.05, 4.69) is 20.9 Å². The number of aliphatic imine (C=N–C) groups is 1. The quantitative estimate of drug-likeness (QED) is 0.493. The monoisotopic (exact) mass is 423 g/mol. The van der Waals surface area contributed by atoms with Crippen molar-refractivity contribution in [1.29, 1.82) is 0 Å². The van der Waals surface area contributed by atoms with E-state index in [0.717, 1.165) is 11.1 Å². The van der Waals surface area contributed by atoms with Crippen LogP contribution in [0.3, 0.4) is 0 Å². The largest absolute Gasteiger partial charge is 0.352 e. The second-order valence-corrected chi connectivity index (χ2v) is 8.58. The number of benzene rings is 2. The summed E-state index contributed by atoms with van der Waals surface area (Å²) in [5.41, 5.74) is 3.03. The van der Waals surface area contributed by atoms with Gasteiger partial charge in [-0.1, -0.05) is 24.3 Å². The first-order chi connectivity index (χ1) is 14.6. The lowest BCUT2D eigenvalue weighted by molar-refractivity contribution is 0.0827. The molecule has 2 aromatic carbocycles. The summed E-state index contributed by atoms with van der Waals surface area (Å²) in [6.07, 6.45) is 0. The Bertz CT molecular complexity index is 928. The summed E-state index contributed by atoms with van der Waals surface area (Å²) < 4.78 is 0. The first-order valence-electron chi connectivity index (χ1n) is 10.3. The molecule has 0 spiro atoms. The predicted octanol–water partition coefficient (Wildman–Crippen LogP) is 2.78. The van der Waals surface area contributed by atoms with E-state index >= 15 is 0 Å². The van der Waals surface area contributed by atoms with Crippen LogP contribution < -0.4 is 16.0 Å². The fraction of sp³-hybridized carbons (Fsp3) is 0.375. The molecule has 2 amide bonds. The third-order valence-electron chi connectivity index (χ3n) is 4.43. The SMILES string of the molecule is CN=C(NCc1ccc(C(=O)N(C)C)cc1)NCc1cccc(C(=O)NC(C)(C)C)c1. The summed E-state index contributed by atoms with van der Waals surface area (Å²) in [7, 11) is 5.18. The van der Waals surface area contributed by atoms with Crippen LogP contribution in [0.5, 0.6) is 0 Å². The zero-order valence-electron chi connectivity index (χ0n) is 19.2. The number of nitrogens with one attached hydrogen (secondary N) is 3. The number of guanidine groups is 1. The van der Waals surface area contributed by atoms with Gasteiger partial charge in [-0.15, -0.1) is 0 Å². The molecule has 0 fully saturated rings. The fourth-order valence-electron chi connectivity index (χ4n) is 2.85. The first-order valence-corrected chi connectivity index (χ1v) is 10.3. The Morgan fingerprint density at radius 1 is 0.903 bits per heavy atom. The number of carbonyl (C=O) groups excluding carboxylic acids is 2. The van der Waals surface area contributed by atoms with Crippen molar-refractivity contribution in [3.8, 4) is 0 Å². The Labute approximate surface area is 184 Å². The number of carbonyl (C=O) groups is 2. The minimum absolute atomic E-state index is 0.0182. The molecule has 166 valence electrons.